The summed E-state index contributed by atoms with van der Waals surface area (Å²) < 4.78 is 5.46. The van der Waals surface area contributed by atoms with Crippen molar-refractivity contribution in [1.29, 1.82) is 0 Å². The van der Waals surface area contributed by atoms with Crippen LogP contribution in [0.15, 0.2) is 30.3 Å². The molecule has 1 aliphatic carbocycles. The molecule has 0 unspecified atom stereocenters. The topological polar surface area (TPSA) is 67.4 Å². The summed E-state index contributed by atoms with van der Waals surface area (Å²) in [4.78, 5) is 24.4. The summed E-state index contributed by atoms with van der Waals surface area (Å²) in [5, 5.41) is 5.64. The van der Waals surface area contributed by atoms with E-state index in [1.165, 1.54) is 11.1 Å². The molecule has 27 heavy (non-hydrogen) atoms. The van der Waals surface area contributed by atoms with Crippen molar-refractivity contribution >= 4 is 17.5 Å². The third kappa shape index (κ3) is 4.48. The van der Waals surface area contributed by atoms with Gasteiger partial charge in [-0.2, -0.15) is 0 Å². The minimum atomic E-state index is -0.317. The fourth-order valence-corrected chi connectivity index (χ4v) is 3.46. The van der Waals surface area contributed by atoms with Crippen molar-refractivity contribution in [3.63, 3.8) is 0 Å². The van der Waals surface area contributed by atoms with Gasteiger partial charge in [0, 0.05) is 17.8 Å². The van der Waals surface area contributed by atoms with Crippen molar-refractivity contribution in [2.45, 2.75) is 46.1 Å². The number of ether oxygens (including phenoxy) is 1. The molecule has 0 aromatic heterocycles. The van der Waals surface area contributed by atoms with Crippen LogP contribution >= 0.6 is 0 Å². The fourth-order valence-electron chi connectivity index (χ4n) is 3.46. The molecule has 2 N–H and O–H groups in total. The van der Waals surface area contributed by atoms with Crippen LogP contribution in [0.2, 0.25) is 0 Å². The second kappa shape index (κ2) is 8.25. The first-order chi connectivity index (χ1) is 13.0. The Hall–Kier alpha value is -2.82. The van der Waals surface area contributed by atoms with Crippen LogP contribution in [0.5, 0.6) is 5.75 Å². The molecule has 0 saturated carbocycles. The number of hydrogen-bond acceptors (Lipinski definition) is 3. The molecule has 0 fully saturated rings. The van der Waals surface area contributed by atoms with Crippen molar-refractivity contribution in [1.82, 2.24) is 5.32 Å². The smallest absolute Gasteiger partial charge is 0.233 e. The zero-order chi connectivity index (χ0) is 19.4. The van der Waals surface area contributed by atoms with Gasteiger partial charge in [-0.15, -0.1) is 0 Å². The van der Waals surface area contributed by atoms with Gasteiger partial charge in [0.05, 0.1) is 7.11 Å². The average molecular weight is 366 g/mol. The number of hydrogen-bond donors (Lipinski definition) is 2. The van der Waals surface area contributed by atoms with Crippen LogP contribution in [0.4, 0.5) is 5.69 Å². The lowest BCUT2D eigenvalue weighted by Gasteiger charge is -2.13. The number of rotatable bonds is 6. The van der Waals surface area contributed by atoms with Crippen molar-refractivity contribution in [3.8, 4) is 5.75 Å². The number of anilines is 1. The second-order valence-electron chi connectivity index (χ2n) is 7.04. The molecular formula is C22H26N2O3. The predicted octanol–water partition coefficient (Wildman–Crippen LogP) is 3.45. The summed E-state index contributed by atoms with van der Waals surface area (Å²) in [5.74, 6) is 0.165. The van der Waals surface area contributed by atoms with Crippen molar-refractivity contribution in [3.05, 3.63) is 58.1 Å². The van der Waals surface area contributed by atoms with Gasteiger partial charge < -0.3 is 15.4 Å². The molecular weight excluding hydrogens is 340 g/mol. The molecule has 0 saturated heterocycles. The van der Waals surface area contributed by atoms with Crippen LogP contribution in [-0.4, -0.2) is 18.9 Å². The van der Waals surface area contributed by atoms with Crippen LogP contribution in [0.25, 0.3) is 0 Å². The standard InChI is InChI=1S/C22H26N2O3/c1-14-6-4-9-19(15(14)2)24-22(26)12-21(25)23-13-18-10-16-7-5-8-17(16)11-20(18)27-3/h4,6,9-11H,5,7-8,12-13H2,1-3H3,(H,23,25)(H,24,26). The first kappa shape index (κ1) is 19.0. The van der Waals surface area contributed by atoms with E-state index in [1.807, 2.05) is 32.0 Å². The first-order valence-electron chi connectivity index (χ1n) is 9.29. The molecule has 3 rings (SSSR count). The lowest BCUT2D eigenvalue weighted by Crippen LogP contribution is -2.28. The quantitative estimate of drug-likeness (QED) is 0.770. The maximum Gasteiger partial charge on any atom is 0.233 e. The van der Waals surface area contributed by atoms with E-state index in [0.29, 0.717) is 6.54 Å². The fraction of sp³-hybridized carbons (Fsp3) is 0.364. The van der Waals surface area contributed by atoms with Gasteiger partial charge in [0.2, 0.25) is 11.8 Å². The largest absolute Gasteiger partial charge is 0.496 e. The minimum absolute atomic E-state index is 0.208. The Morgan fingerprint density at radius 3 is 2.56 bits per heavy atom. The molecule has 5 nitrogen and oxygen atoms in total. The monoisotopic (exact) mass is 366 g/mol. The van der Waals surface area contributed by atoms with Gasteiger partial charge in [-0.1, -0.05) is 18.2 Å². The van der Waals surface area contributed by atoms with Gasteiger partial charge in [-0.05, 0) is 67.5 Å². The molecule has 0 radical (unpaired) electrons. The van der Waals surface area contributed by atoms with E-state index in [9.17, 15) is 9.59 Å². The van der Waals surface area contributed by atoms with Gasteiger partial charge in [0.25, 0.3) is 0 Å². The Morgan fingerprint density at radius 1 is 1.07 bits per heavy atom. The molecule has 0 spiro atoms. The van der Waals surface area contributed by atoms with E-state index >= 15 is 0 Å². The molecule has 2 aromatic rings. The number of aryl methyl sites for hydroxylation is 3. The molecule has 5 heteroatoms. The van der Waals surface area contributed by atoms with Gasteiger partial charge in [0.15, 0.2) is 0 Å². The van der Waals surface area contributed by atoms with Crippen molar-refractivity contribution in [2.75, 3.05) is 12.4 Å². The summed E-state index contributed by atoms with van der Waals surface area (Å²) in [6.45, 7) is 4.29. The van der Waals surface area contributed by atoms with Crippen molar-refractivity contribution in [2.24, 2.45) is 0 Å². The SMILES string of the molecule is COc1cc2c(cc1CNC(=O)CC(=O)Nc1cccc(C)c1C)CCC2. The predicted molar refractivity (Wildman–Crippen MR) is 106 cm³/mol. The molecule has 142 valence electrons. The number of methoxy groups -OCH3 is 1. The Labute approximate surface area is 160 Å². The Kier molecular flexibility index (Phi) is 5.79. The normalized spacial score (nSPS) is 12.4. The number of carbonyl (C=O) groups excluding carboxylic acids is 2. The second-order valence-corrected chi connectivity index (χ2v) is 7.04. The summed E-state index contributed by atoms with van der Waals surface area (Å²) in [6, 6.07) is 9.89. The number of nitrogens with one attached hydrogen (secondary N) is 2. The van der Waals surface area contributed by atoms with Crippen LogP contribution < -0.4 is 15.4 Å². The van der Waals surface area contributed by atoms with E-state index in [0.717, 1.165) is 47.4 Å². The molecule has 0 aliphatic heterocycles. The number of amides is 2. The lowest BCUT2D eigenvalue weighted by atomic mass is 10.0. The highest BCUT2D eigenvalue weighted by atomic mass is 16.5. The van der Waals surface area contributed by atoms with Gasteiger partial charge >= 0.3 is 0 Å². The third-order valence-corrected chi connectivity index (χ3v) is 5.17. The zero-order valence-corrected chi connectivity index (χ0v) is 16.1. The third-order valence-electron chi connectivity index (χ3n) is 5.17. The van der Waals surface area contributed by atoms with Gasteiger partial charge in [-0.3, -0.25) is 9.59 Å². The zero-order valence-electron chi connectivity index (χ0n) is 16.1. The van der Waals surface area contributed by atoms with E-state index in [-0.39, 0.29) is 18.2 Å². The Bertz CT molecular complexity index is 874. The maximum atomic E-state index is 12.2. The number of carbonyl (C=O) groups is 2. The highest BCUT2D eigenvalue weighted by Crippen LogP contribution is 2.29. The Morgan fingerprint density at radius 2 is 1.81 bits per heavy atom. The number of benzene rings is 2. The van der Waals surface area contributed by atoms with Crippen LogP contribution in [0.1, 0.15) is 40.7 Å². The summed E-state index contributed by atoms with van der Waals surface area (Å²) in [5.41, 5.74) is 6.45. The first-order valence-corrected chi connectivity index (χ1v) is 9.29. The molecule has 0 heterocycles. The highest BCUT2D eigenvalue weighted by Gasteiger charge is 2.16. The highest BCUT2D eigenvalue weighted by molar-refractivity contribution is 6.03. The number of fused-ring (bicyclic) bond motifs is 1. The molecule has 2 amide bonds. The van der Waals surface area contributed by atoms with Crippen LogP contribution in [0, 0.1) is 13.8 Å². The van der Waals surface area contributed by atoms with E-state index in [4.69, 9.17) is 4.74 Å². The van der Waals surface area contributed by atoms with E-state index in [2.05, 4.69) is 22.8 Å². The molecule has 1 aliphatic rings. The summed E-state index contributed by atoms with van der Waals surface area (Å²) in [6.07, 6.45) is 3.10. The van der Waals surface area contributed by atoms with Crippen LogP contribution in [-0.2, 0) is 29.0 Å². The minimum Gasteiger partial charge on any atom is -0.496 e. The van der Waals surface area contributed by atoms with E-state index in [1.54, 1.807) is 7.11 Å². The maximum absolute atomic E-state index is 12.2. The van der Waals surface area contributed by atoms with Crippen molar-refractivity contribution < 1.29 is 14.3 Å². The Balaban J connectivity index is 1.57. The lowest BCUT2D eigenvalue weighted by molar-refractivity contribution is -0.126. The summed E-state index contributed by atoms with van der Waals surface area (Å²) >= 11 is 0. The van der Waals surface area contributed by atoms with Crippen LogP contribution in [0.3, 0.4) is 0 Å². The van der Waals surface area contributed by atoms with Gasteiger partial charge in [-0.25, -0.2) is 0 Å². The molecule has 2 aromatic carbocycles. The summed E-state index contributed by atoms with van der Waals surface area (Å²) in [7, 11) is 1.64. The average Bonchev–Trinajstić information content (AvgIpc) is 3.10. The molecule has 0 bridgehead atoms. The molecule has 0 atom stereocenters. The van der Waals surface area contributed by atoms with E-state index < -0.39 is 0 Å². The van der Waals surface area contributed by atoms with Gasteiger partial charge in [0.1, 0.15) is 12.2 Å².